The fourth-order valence-corrected chi connectivity index (χ4v) is 1.45. The number of carboxylic acid groups (broad SMARTS) is 1. The minimum Gasteiger partial charge on any atom is -0.480 e. The van der Waals surface area contributed by atoms with Gasteiger partial charge in [0.05, 0.1) is 5.02 Å². The van der Waals surface area contributed by atoms with E-state index in [1.165, 1.54) is 19.3 Å². The van der Waals surface area contributed by atoms with Gasteiger partial charge in [0.1, 0.15) is 6.04 Å². The molecule has 1 rings (SSSR count). The summed E-state index contributed by atoms with van der Waals surface area (Å²) < 4.78 is 0. The number of hydrogen-bond acceptors (Lipinski definition) is 3. The second-order valence-electron chi connectivity index (χ2n) is 3.31. The van der Waals surface area contributed by atoms with Crippen LogP contribution in [0, 0.1) is 0 Å². The molecule has 0 saturated heterocycles. The lowest BCUT2D eigenvalue weighted by atomic mass is 10.1. The van der Waals surface area contributed by atoms with E-state index in [9.17, 15) is 9.59 Å². The molecule has 0 aliphatic heterocycles. The maximum Gasteiger partial charge on any atom is 0.326 e. The normalized spacial score (nSPS) is 11.9. The highest BCUT2D eigenvalue weighted by Gasteiger charge is 2.18. The number of carbonyl (C=O) groups is 2. The van der Waals surface area contributed by atoms with Crippen molar-refractivity contribution in [2.75, 3.05) is 0 Å². The maximum atomic E-state index is 10.9. The van der Waals surface area contributed by atoms with Crippen molar-refractivity contribution in [3.8, 4) is 0 Å². The third-order valence-electron chi connectivity index (χ3n) is 1.88. The average molecular weight is 243 g/mol. The van der Waals surface area contributed by atoms with Gasteiger partial charge in [0.25, 0.3) is 0 Å². The number of carboxylic acids is 1. The van der Waals surface area contributed by atoms with Crippen LogP contribution in [-0.4, -0.2) is 28.0 Å². The first kappa shape index (κ1) is 12.4. The predicted octanol–water partition coefficient (Wildman–Crippen LogP) is 0.867. The first-order valence-corrected chi connectivity index (χ1v) is 4.96. The molecule has 0 saturated carbocycles. The quantitative estimate of drug-likeness (QED) is 0.821. The van der Waals surface area contributed by atoms with Crippen molar-refractivity contribution in [3.05, 3.63) is 29.0 Å². The van der Waals surface area contributed by atoms with Gasteiger partial charge in [-0.15, -0.1) is 0 Å². The molecule has 0 radical (unpaired) electrons. The second kappa shape index (κ2) is 5.46. The van der Waals surface area contributed by atoms with Crippen molar-refractivity contribution in [2.24, 2.45) is 0 Å². The summed E-state index contributed by atoms with van der Waals surface area (Å²) in [6, 6.07) is 0.657. The molecular weight excluding hydrogens is 232 g/mol. The zero-order valence-corrected chi connectivity index (χ0v) is 9.36. The standard InChI is InChI=1S/C10H11ClN2O3/c1-6(14)13-9(10(15)16)3-7-2-8(11)5-12-4-7/h2,4-5,9H,3H2,1H3,(H,13,14)(H,15,16). The lowest BCUT2D eigenvalue weighted by Crippen LogP contribution is -2.41. The van der Waals surface area contributed by atoms with Crippen molar-refractivity contribution in [1.82, 2.24) is 10.3 Å². The van der Waals surface area contributed by atoms with E-state index in [2.05, 4.69) is 10.3 Å². The smallest absolute Gasteiger partial charge is 0.326 e. The van der Waals surface area contributed by atoms with Gasteiger partial charge in [0.2, 0.25) is 5.91 Å². The first-order chi connectivity index (χ1) is 7.49. The van der Waals surface area contributed by atoms with E-state index >= 15 is 0 Å². The van der Waals surface area contributed by atoms with Crippen molar-refractivity contribution in [1.29, 1.82) is 0 Å². The van der Waals surface area contributed by atoms with Crippen molar-refractivity contribution in [3.63, 3.8) is 0 Å². The van der Waals surface area contributed by atoms with Gasteiger partial charge in [-0.3, -0.25) is 9.78 Å². The average Bonchev–Trinajstić information content (AvgIpc) is 2.15. The molecule has 86 valence electrons. The van der Waals surface area contributed by atoms with Crippen molar-refractivity contribution in [2.45, 2.75) is 19.4 Å². The predicted molar refractivity (Wildman–Crippen MR) is 58.2 cm³/mol. The van der Waals surface area contributed by atoms with E-state index < -0.39 is 12.0 Å². The summed E-state index contributed by atoms with van der Waals surface area (Å²) in [5, 5.41) is 11.7. The van der Waals surface area contributed by atoms with Crippen LogP contribution in [0.4, 0.5) is 0 Å². The van der Waals surface area contributed by atoms with E-state index in [0.29, 0.717) is 10.6 Å². The summed E-state index contributed by atoms with van der Waals surface area (Å²) in [4.78, 5) is 25.5. The Morgan fingerprint density at radius 2 is 2.25 bits per heavy atom. The number of nitrogens with zero attached hydrogens (tertiary/aromatic N) is 1. The SMILES string of the molecule is CC(=O)NC(Cc1cncc(Cl)c1)C(=O)O. The Kier molecular flexibility index (Phi) is 4.25. The molecule has 1 amide bonds. The Hall–Kier alpha value is -1.62. The van der Waals surface area contributed by atoms with Crippen LogP contribution in [0.2, 0.25) is 5.02 Å². The third kappa shape index (κ3) is 3.86. The molecular formula is C10H11ClN2O3. The molecule has 16 heavy (non-hydrogen) atoms. The molecule has 0 fully saturated rings. The lowest BCUT2D eigenvalue weighted by molar-refractivity contribution is -0.141. The van der Waals surface area contributed by atoms with Crippen LogP contribution in [-0.2, 0) is 16.0 Å². The fraction of sp³-hybridized carbons (Fsp3) is 0.300. The summed E-state index contributed by atoms with van der Waals surface area (Å²) in [6.07, 6.45) is 3.13. The number of amides is 1. The number of carbonyl (C=O) groups excluding carboxylic acids is 1. The Morgan fingerprint density at radius 1 is 1.56 bits per heavy atom. The Bertz CT molecular complexity index is 409. The van der Waals surface area contributed by atoms with Crippen LogP contribution in [0.15, 0.2) is 18.5 Å². The molecule has 0 aliphatic carbocycles. The summed E-state index contributed by atoms with van der Waals surface area (Å²) in [5.41, 5.74) is 0.661. The molecule has 0 bridgehead atoms. The number of pyridine rings is 1. The van der Waals surface area contributed by atoms with Gasteiger partial charge in [0.15, 0.2) is 0 Å². The maximum absolute atomic E-state index is 10.9. The minimum absolute atomic E-state index is 0.155. The summed E-state index contributed by atoms with van der Waals surface area (Å²) in [7, 11) is 0. The van der Waals surface area contributed by atoms with Gasteiger partial charge in [-0.2, -0.15) is 0 Å². The molecule has 0 spiro atoms. The molecule has 1 heterocycles. The van der Waals surface area contributed by atoms with Crippen LogP contribution >= 0.6 is 11.6 Å². The fourth-order valence-electron chi connectivity index (χ4n) is 1.25. The molecule has 2 N–H and O–H groups in total. The topological polar surface area (TPSA) is 79.3 Å². The van der Waals surface area contributed by atoms with Gasteiger partial charge in [0, 0.05) is 25.7 Å². The number of aromatic nitrogens is 1. The van der Waals surface area contributed by atoms with Crippen LogP contribution in [0.1, 0.15) is 12.5 Å². The van der Waals surface area contributed by atoms with Crippen LogP contribution < -0.4 is 5.32 Å². The van der Waals surface area contributed by atoms with E-state index in [1.54, 1.807) is 6.07 Å². The Morgan fingerprint density at radius 3 is 2.75 bits per heavy atom. The van der Waals surface area contributed by atoms with Gasteiger partial charge in [-0.1, -0.05) is 11.6 Å². The van der Waals surface area contributed by atoms with E-state index in [1.807, 2.05) is 0 Å². The van der Waals surface area contributed by atoms with E-state index in [0.717, 1.165) is 0 Å². The van der Waals surface area contributed by atoms with Gasteiger partial charge < -0.3 is 10.4 Å². The molecule has 0 aromatic carbocycles. The zero-order valence-electron chi connectivity index (χ0n) is 8.61. The Balaban J connectivity index is 2.75. The highest BCUT2D eigenvalue weighted by atomic mass is 35.5. The summed E-state index contributed by atoms with van der Waals surface area (Å²) in [6.45, 7) is 1.27. The summed E-state index contributed by atoms with van der Waals surface area (Å²) >= 11 is 5.72. The number of nitrogens with one attached hydrogen (secondary N) is 1. The monoisotopic (exact) mass is 242 g/mol. The first-order valence-electron chi connectivity index (χ1n) is 4.58. The minimum atomic E-state index is -1.09. The highest BCUT2D eigenvalue weighted by Crippen LogP contribution is 2.10. The van der Waals surface area contributed by atoms with E-state index in [4.69, 9.17) is 16.7 Å². The zero-order chi connectivity index (χ0) is 12.1. The molecule has 0 aliphatic rings. The molecule has 5 nitrogen and oxygen atoms in total. The van der Waals surface area contributed by atoms with Crippen LogP contribution in [0.3, 0.4) is 0 Å². The molecule has 1 aromatic rings. The number of aliphatic carboxylic acids is 1. The molecule has 1 aromatic heterocycles. The highest BCUT2D eigenvalue weighted by molar-refractivity contribution is 6.30. The number of halogens is 1. The van der Waals surface area contributed by atoms with Crippen LogP contribution in [0.25, 0.3) is 0 Å². The molecule has 1 atom stereocenters. The Labute approximate surface area is 97.4 Å². The van der Waals surface area contributed by atoms with Crippen molar-refractivity contribution < 1.29 is 14.7 Å². The molecule has 1 unspecified atom stereocenters. The third-order valence-corrected chi connectivity index (χ3v) is 2.08. The largest absolute Gasteiger partial charge is 0.480 e. The van der Waals surface area contributed by atoms with Crippen LogP contribution in [0.5, 0.6) is 0 Å². The number of rotatable bonds is 4. The second-order valence-corrected chi connectivity index (χ2v) is 3.74. The van der Waals surface area contributed by atoms with Gasteiger partial charge >= 0.3 is 5.97 Å². The van der Waals surface area contributed by atoms with E-state index in [-0.39, 0.29) is 12.3 Å². The van der Waals surface area contributed by atoms with Gasteiger partial charge in [-0.25, -0.2) is 4.79 Å². The molecule has 6 heteroatoms. The summed E-state index contributed by atoms with van der Waals surface area (Å²) in [5.74, 6) is -1.47. The number of hydrogen-bond donors (Lipinski definition) is 2. The van der Waals surface area contributed by atoms with Crippen molar-refractivity contribution >= 4 is 23.5 Å². The van der Waals surface area contributed by atoms with Gasteiger partial charge in [-0.05, 0) is 11.6 Å². The lowest BCUT2D eigenvalue weighted by Gasteiger charge is -2.12.